The Morgan fingerprint density at radius 3 is 2.00 bits per heavy atom. The van der Waals surface area contributed by atoms with Gasteiger partial charge in [-0.2, -0.15) is 0 Å². The van der Waals surface area contributed by atoms with Crippen molar-refractivity contribution in [3.63, 3.8) is 0 Å². The van der Waals surface area contributed by atoms with Crippen LogP contribution >= 0.6 is 0 Å². The normalized spacial score (nSPS) is 22.4. The highest BCUT2D eigenvalue weighted by atomic mass is 16.5. The van der Waals surface area contributed by atoms with Gasteiger partial charge >= 0.3 is 5.97 Å². The first-order valence-corrected chi connectivity index (χ1v) is 11.7. The lowest BCUT2D eigenvalue weighted by Gasteiger charge is -2.40. The van der Waals surface area contributed by atoms with E-state index in [1.807, 2.05) is 91.0 Å². The number of benzene rings is 3. The summed E-state index contributed by atoms with van der Waals surface area (Å²) in [7, 11) is 0. The van der Waals surface area contributed by atoms with E-state index in [1.165, 1.54) is 0 Å². The van der Waals surface area contributed by atoms with Gasteiger partial charge in [-0.25, -0.2) is 0 Å². The number of carbonyl (C=O) groups excluding carboxylic acids is 3. The Hall–Kier alpha value is -3.79. The molecule has 1 saturated carbocycles. The molecule has 4 rings (SSSR count). The fraction of sp³-hybridized carbons (Fsp3) is 0.233. The number of allylic oxidation sites excluding steroid dienone is 1. The maximum atomic E-state index is 13.8. The molecule has 0 spiro atoms. The van der Waals surface area contributed by atoms with Crippen molar-refractivity contribution < 1.29 is 19.1 Å². The van der Waals surface area contributed by atoms with Crippen LogP contribution in [0.4, 0.5) is 0 Å². The molecule has 0 aliphatic heterocycles. The van der Waals surface area contributed by atoms with Crippen LogP contribution in [0.3, 0.4) is 0 Å². The molecule has 1 aliphatic rings. The number of rotatable bonds is 7. The summed E-state index contributed by atoms with van der Waals surface area (Å²) in [5.74, 6) is -3.39. The lowest BCUT2D eigenvalue weighted by Crippen LogP contribution is -2.45. The molecule has 1 fully saturated rings. The predicted molar refractivity (Wildman–Crippen MR) is 132 cm³/mol. The number of esters is 1. The van der Waals surface area contributed by atoms with Gasteiger partial charge < -0.3 is 4.74 Å². The number of Topliss-reactive ketones (excluding diaryl/α,β-unsaturated/α-hetero) is 1. The second kappa shape index (κ2) is 10.9. The molecule has 34 heavy (non-hydrogen) atoms. The zero-order valence-corrected chi connectivity index (χ0v) is 19.2. The van der Waals surface area contributed by atoms with Gasteiger partial charge in [0.05, 0.1) is 6.61 Å². The highest BCUT2D eigenvalue weighted by molar-refractivity contribution is 6.05. The summed E-state index contributed by atoms with van der Waals surface area (Å²) in [4.78, 5) is 40.2. The van der Waals surface area contributed by atoms with Gasteiger partial charge in [-0.15, -0.1) is 0 Å². The Labute approximate surface area is 200 Å². The van der Waals surface area contributed by atoms with E-state index in [0.717, 1.165) is 16.7 Å². The van der Waals surface area contributed by atoms with E-state index < -0.39 is 23.7 Å². The van der Waals surface area contributed by atoms with Crippen molar-refractivity contribution in [2.45, 2.75) is 25.2 Å². The van der Waals surface area contributed by atoms with Crippen LogP contribution in [0.15, 0.2) is 97.1 Å². The van der Waals surface area contributed by atoms with Gasteiger partial charge in [0.1, 0.15) is 11.7 Å². The predicted octanol–water partition coefficient (Wildman–Crippen LogP) is 5.60. The molecule has 0 aromatic heterocycles. The monoisotopic (exact) mass is 452 g/mol. The van der Waals surface area contributed by atoms with Crippen molar-refractivity contribution >= 4 is 23.6 Å². The molecule has 0 amide bonds. The first kappa shape index (κ1) is 23.4. The Balaban J connectivity index is 1.82. The quantitative estimate of drug-likeness (QED) is 0.266. The van der Waals surface area contributed by atoms with Crippen molar-refractivity contribution in [3.8, 4) is 0 Å². The molecule has 0 N–H and O–H groups in total. The Kier molecular flexibility index (Phi) is 7.48. The molecule has 0 heterocycles. The number of ether oxygens (including phenoxy) is 1. The molecule has 0 unspecified atom stereocenters. The first-order valence-electron chi connectivity index (χ1n) is 11.7. The minimum Gasteiger partial charge on any atom is -0.465 e. The van der Waals surface area contributed by atoms with Gasteiger partial charge in [0.2, 0.25) is 0 Å². The summed E-state index contributed by atoms with van der Waals surface area (Å²) < 4.78 is 5.31. The zero-order chi connectivity index (χ0) is 23.9. The molecule has 0 bridgehead atoms. The standard InChI is InChI=1S/C30H28O4/c1-2-34-30(33)29-26(32)20-24(22-14-8-4-9-15-22)28(27(29)23-16-10-5-11-17-23)25(31)19-18-21-12-6-3-7-13-21/h3-19,24,27-29H,2,20H2,1H3/b19-18+/t24-,27+,28-,29+/m0/s1. The first-order chi connectivity index (χ1) is 16.6. The van der Waals surface area contributed by atoms with Crippen molar-refractivity contribution in [2.75, 3.05) is 6.61 Å². The molecule has 0 saturated heterocycles. The van der Waals surface area contributed by atoms with E-state index in [1.54, 1.807) is 19.1 Å². The summed E-state index contributed by atoms with van der Waals surface area (Å²) in [5, 5.41) is 0. The SMILES string of the molecule is CCOC(=O)[C@@H]1C(=O)C[C@@H](c2ccccc2)[C@@H](C(=O)/C=C/c2ccccc2)[C@H]1c1ccccc1. The molecule has 4 atom stereocenters. The summed E-state index contributed by atoms with van der Waals surface area (Å²) in [6, 6.07) is 28.7. The molecule has 1 aliphatic carbocycles. The van der Waals surface area contributed by atoms with Crippen LogP contribution < -0.4 is 0 Å². The maximum absolute atomic E-state index is 13.8. The number of ketones is 2. The molecular formula is C30H28O4. The smallest absolute Gasteiger partial charge is 0.317 e. The maximum Gasteiger partial charge on any atom is 0.317 e. The average Bonchev–Trinajstić information content (AvgIpc) is 2.88. The Morgan fingerprint density at radius 2 is 1.41 bits per heavy atom. The van der Waals surface area contributed by atoms with Crippen molar-refractivity contribution in [3.05, 3.63) is 114 Å². The van der Waals surface area contributed by atoms with Gasteiger partial charge in [0.25, 0.3) is 0 Å². The lowest BCUT2D eigenvalue weighted by molar-refractivity contribution is -0.155. The topological polar surface area (TPSA) is 60.4 Å². The second-order valence-corrected chi connectivity index (χ2v) is 8.53. The van der Waals surface area contributed by atoms with E-state index in [0.29, 0.717) is 0 Å². The van der Waals surface area contributed by atoms with E-state index >= 15 is 0 Å². The summed E-state index contributed by atoms with van der Waals surface area (Å²) in [6.07, 6.45) is 3.50. The van der Waals surface area contributed by atoms with E-state index in [-0.39, 0.29) is 30.5 Å². The molecule has 4 heteroatoms. The van der Waals surface area contributed by atoms with Crippen LogP contribution in [0.2, 0.25) is 0 Å². The minimum absolute atomic E-state index is 0.103. The van der Waals surface area contributed by atoms with E-state index in [2.05, 4.69) is 0 Å². The van der Waals surface area contributed by atoms with Crippen molar-refractivity contribution in [2.24, 2.45) is 11.8 Å². The minimum atomic E-state index is -1.01. The van der Waals surface area contributed by atoms with Gasteiger partial charge in [-0.05, 0) is 29.7 Å². The van der Waals surface area contributed by atoms with E-state index in [9.17, 15) is 14.4 Å². The van der Waals surface area contributed by atoms with Crippen LogP contribution in [0.5, 0.6) is 0 Å². The van der Waals surface area contributed by atoms with E-state index in [4.69, 9.17) is 4.74 Å². The number of hydrogen-bond donors (Lipinski definition) is 0. The highest BCUT2D eigenvalue weighted by Crippen LogP contribution is 2.48. The molecule has 172 valence electrons. The van der Waals surface area contributed by atoms with Crippen LogP contribution in [0.1, 0.15) is 41.9 Å². The fourth-order valence-corrected chi connectivity index (χ4v) is 4.97. The molecular weight excluding hydrogens is 424 g/mol. The molecule has 3 aromatic carbocycles. The molecule has 3 aromatic rings. The van der Waals surface area contributed by atoms with Crippen LogP contribution in [-0.2, 0) is 19.1 Å². The van der Waals surface area contributed by atoms with Gasteiger partial charge in [0, 0.05) is 24.2 Å². The second-order valence-electron chi connectivity index (χ2n) is 8.53. The van der Waals surface area contributed by atoms with Crippen LogP contribution in [-0.4, -0.2) is 24.1 Å². The number of hydrogen-bond acceptors (Lipinski definition) is 4. The van der Waals surface area contributed by atoms with Gasteiger partial charge in [0.15, 0.2) is 5.78 Å². The molecule has 4 nitrogen and oxygen atoms in total. The highest BCUT2D eigenvalue weighted by Gasteiger charge is 2.51. The van der Waals surface area contributed by atoms with Crippen LogP contribution in [0.25, 0.3) is 6.08 Å². The summed E-state index contributed by atoms with van der Waals surface area (Å²) in [6.45, 7) is 1.90. The Morgan fingerprint density at radius 1 is 0.853 bits per heavy atom. The lowest BCUT2D eigenvalue weighted by atomic mass is 9.60. The third-order valence-electron chi connectivity index (χ3n) is 6.47. The summed E-state index contributed by atoms with van der Waals surface area (Å²) >= 11 is 0. The number of carbonyl (C=O) groups is 3. The van der Waals surface area contributed by atoms with Crippen molar-refractivity contribution in [1.82, 2.24) is 0 Å². The zero-order valence-electron chi connectivity index (χ0n) is 19.2. The van der Waals surface area contributed by atoms with Gasteiger partial charge in [-0.3, -0.25) is 14.4 Å². The Bertz CT molecular complexity index is 1150. The molecule has 0 radical (unpaired) electrons. The van der Waals surface area contributed by atoms with Crippen LogP contribution in [0, 0.1) is 11.8 Å². The third kappa shape index (κ3) is 5.07. The third-order valence-corrected chi connectivity index (χ3v) is 6.47. The summed E-state index contributed by atoms with van der Waals surface area (Å²) in [5.41, 5.74) is 2.63. The van der Waals surface area contributed by atoms with Gasteiger partial charge in [-0.1, -0.05) is 97.1 Å². The largest absolute Gasteiger partial charge is 0.465 e. The van der Waals surface area contributed by atoms with Crippen molar-refractivity contribution in [1.29, 1.82) is 0 Å². The fourth-order valence-electron chi connectivity index (χ4n) is 4.97. The average molecular weight is 453 g/mol.